The van der Waals surface area contributed by atoms with Gasteiger partial charge in [-0.2, -0.15) is 0 Å². The molecule has 3 heteroatoms. The third kappa shape index (κ3) is 4.72. The van der Waals surface area contributed by atoms with Gasteiger partial charge in [0.1, 0.15) is 5.58 Å². The number of rotatable bonds is 5. The lowest BCUT2D eigenvalue weighted by atomic mass is 9.77. The summed E-state index contributed by atoms with van der Waals surface area (Å²) in [5.41, 5.74) is 13.0. The van der Waals surface area contributed by atoms with Gasteiger partial charge in [-0.25, -0.2) is 0 Å². The van der Waals surface area contributed by atoms with Crippen LogP contribution in [0.25, 0.3) is 87.6 Å². The second-order valence-electron chi connectivity index (χ2n) is 15.8. The van der Waals surface area contributed by atoms with Gasteiger partial charge in [0.2, 0.25) is 0 Å². The second-order valence-corrected chi connectivity index (χ2v) is 20.8. The fourth-order valence-electron chi connectivity index (χ4n) is 8.91. The zero-order valence-electron chi connectivity index (χ0n) is 30.5. The lowest BCUT2D eigenvalue weighted by Gasteiger charge is -2.33. The molecule has 9 aromatic carbocycles. The highest BCUT2D eigenvalue weighted by Gasteiger charge is 2.30. The Morgan fingerprint density at radius 1 is 0.407 bits per heavy atom. The molecule has 0 aliphatic heterocycles. The minimum atomic E-state index is -1.89. The third-order valence-electron chi connectivity index (χ3n) is 11.4. The van der Waals surface area contributed by atoms with E-state index in [2.05, 4.69) is 194 Å². The summed E-state index contributed by atoms with van der Waals surface area (Å²) in [5.74, 6) is 0. The monoisotopic (exact) mass is 707 g/mol. The Kier molecular flexibility index (Phi) is 6.65. The molecule has 0 N–H and O–H groups in total. The smallest absolute Gasteiger partial charge is 0.159 e. The third-order valence-corrected chi connectivity index (χ3v) is 13.4. The van der Waals surface area contributed by atoms with Crippen molar-refractivity contribution in [1.29, 1.82) is 0 Å². The predicted molar refractivity (Wildman–Crippen MR) is 234 cm³/mol. The van der Waals surface area contributed by atoms with Crippen molar-refractivity contribution in [2.75, 3.05) is 4.90 Å². The van der Waals surface area contributed by atoms with Crippen LogP contribution in [0, 0.1) is 0 Å². The van der Waals surface area contributed by atoms with Crippen LogP contribution in [0.15, 0.2) is 174 Å². The molecule has 0 radical (unpaired) electrons. The van der Waals surface area contributed by atoms with Crippen LogP contribution in [0.4, 0.5) is 17.1 Å². The van der Waals surface area contributed by atoms with Gasteiger partial charge >= 0.3 is 0 Å². The average molecular weight is 708 g/mol. The van der Waals surface area contributed by atoms with Gasteiger partial charge in [-0.1, -0.05) is 129 Å². The van der Waals surface area contributed by atoms with Gasteiger partial charge in [0, 0.05) is 22.1 Å². The molecule has 0 atom stereocenters. The molecule has 1 heterocycles. The van der Waals surface area contributed by atoms with Crippen LogP contribution < -0.4 is 10.1 Å². The Morgan fingerprint density at radius 2 is 1.02 bits per heavy atom. The first-order valence-corrected chi connectivity index (χ1v) is 22.3. The van der Waals surface area contributed by atoms with E-state index in [-0.39, 0.29) is 0 Å². The molecule has 54 heavy (non-hydrogen) atoms. The fraction of sp³-hybridized carbons (Fsp3) is 0.0588. The van der Waals surface area contributed by atoms with Crippen LogP contribution in [0.5, 0.6) is 0 Å². The first-order chi connectivity index (χ1) is 26.4. The Labute approximate surface area is 315 Å². The molecule has 1 aliphatic carbocycles. The van der Waals surface area contributed by atoms with Crippen LogP contribution in [-0.4, -0.2) is 8.07 Å². The molecular formula is C51H37NOSi. The number of fused-ring (bicyclic) bond motifs is 10. The van der Waals surface area contributed by atoms with E-state index >= 15 is 0 Å². The molecule has 0 bridgehead atoms. The standard InChI is InChI=1S/C51H37NOSi/c1-54(2,3)51-40-15-8-7-14-33(40)23-25-48(51)52(47-18-11-17-42-41-16-9-10-19-49(41)53-50(42)47)39-24-22-36-29-44-43-28-35-21-20-34(32-12-5-4-6-13-32)26-37(35)30-45(43)46(44)31-38(36)27-39/h4-31H,1-3H3. The van der Waals surface area contributed by atoms with Gasteiger partial charge in [0.15, 0.2) is 5.58 Å². The van der Waals surface area contributed by atoms with Crippen molar-refractivity contribution in [2.24, 2.45) is 0 Å². The van der Waals surface area contributed by atoms with E-state index in [4.69, 9.17) is 4.42 Å². The summed E-state index contributed by atoms with van der Waals surface area (Å²) in [4.78, 5) is 2.47. The minimum absolute atomic E-state index is 0.904. The maximum absolute atomic E-state index is 6.73. The van der Waals surface area contributed by atoms with Crippen LogP contribution in [0.3, 0.4) is 0 Å². The number of furan rings is 1. The molecule has 256 valence electrons. The molecule has 2 nitrogen and oxygen atoms in total. The quantitative estimate of drug-likeness (QED) is 0.166. The van der Waals surface area contributed by atoms with Crippen molar-refractivity contribution in [2.45, 2.75) is 19.6 Å². The normalized spacial score (nSPS) is 12.4. The molecule has 11 rings (SSSR count). The van der Waals surface area contributed by atoms with E-state index in [0.717, 1.165) is 33.3 Å². The summed E-state index contributed by atoms with van der Waals surface area (Å²) in [5, 5.41) is 11.3. The highest BCUT2D eigenvalue weighted by Crippen LogP contribution is 2.51. The first kappa shape index (κ1) is 31.1. The Bertz CT molecular complexity index is 3150. The van der Waals surface area contributed by atoms with E-state index in [1.165, 1.54) is 76.6 Å². The van der Waals surface area contributed by atoms with E-state index in [9.17, 15) is 0 Å². The van der Waals surface area contributed by atoms with Gasteiger partial charge in [-0.15, -0.1) is 0 Å². The molecule has 0 unspecified atom stereocenters. The van der Waals surface area contributed by atoms with E-state index in [1.807, 2.05) is 0 Å². The van der Waals surface area contributed by atoms with Gasteiger partial charge in [0.05, 0.1) is 13.8 Å². The van der Waals surface area contributed by atoms with Crippen molar-refractivity contribution in [1.82, 2.24) is 0 Å². The van der Waals surface area contributed by atoms with Crippen molar-refractivity contribution < 1.29 is 4.42 Å². The summed E-state index contributed by atoms with van der Waals surface area (Å²) in [6, 6.07) is 62.5. The summed E-state index contributed by atoms with van der Waals surface area (Å²) < 4.78 is 6.73. The number of hydrogen-bond donors (Lipinski definition) is 0. The summed E-state index contributed by atoms with van der Waals surface area (Å²) in [6.07, 6.45) is 0. The molecule has 0 saturated heterocycles. The maximum atomic E-state index is 6.73. The van der Waals surface area contributed by atoms with Crippen molar-refractivity contribution in [3.63, 3.8) is 0 Å². The summed E-state index contributed by atoms with van der Waals surface area (Å²) in [6.45, 7) is 7.38. The highest BCUT2D eigenvalue weighted by molar-refractivity contribution is 6.91. The number of hydrogen-bond acceptors (Lipinski definition) is 2. The average Bonchev–Trinajstić information content (AvgIpc) is 3.59. The lowest BCUT2D eigenvalue weighted by molar-refractivity contribution is 0.669. The number of nitrogens with zero attached hydrogens (tertiary/aromatic N) is 1. The van der Waals surface area contributed by atoms with E-state index < -0.39 is 8.07 Å². The lowest BCUT2D eigenvalue weighted by Crippen LogP contribution is -2.41. The van der Waals surface area contributed by atoms with Crippen LogP contribution in [0.1, 0.15) is 0 Å². The number of benzene rings is 9. The van der Waals surface area contributed by atoms with Crippen LogP contribution in [-0.2, 0) is 0 Å². The maximum Gasteiger partial charge on any atom is 0.159 e. The molecule has 1 aromatic heterocycles. The van der Waals surface area contributed by atoms with Crippen molar-refractivity contribution in [3.8, 4) is 33.4 Å². The second kappa shape index (κ2) is 11.5. The molecular weight excluding hydrogens is 671 g/mol. The Hall–Kier alpha value is -6.42. The molecule has 0 amide bonds. The Morgan fingerprint density at radius 3 is 1.78 bits per heavy atom. The van der Waals surface area contributed by atoms with Crippen molar-refractivity contribution in [3.05, 3.63) is 170 Å². The Balaban J connectivity index is 1.11. The number of anilines is 3. The number of para-hydroxylation sites is 2. The van der Waals surface area contributed by atoms with E-state index in [1.54, 1.807) is 0 Å². The SMILES string of the molecule is C[Si](C)(C)c1c(N(c2ccc3cc4c(cc3c2)-c2cc3cc(-c5ccccc5)ccc3cc2-4)c2cccc3c2oc2ccccc23)ccc2ccccc12. The zero-order chi connectivity index (χ0) is 36.1. The largest absolute Gasteiger partial charge is 0.454 e. The summed E-state index contributed by atoms with van der Waals surface area (Å²) in [7, 11) is -1.89. The van der Waals surface area contributed by atoms with Crippen LogP contribution in [0.2, 0.25) is 19.6 Å². The zero-order valence-corrected chi connectivity index (χ0v) is 31.5. The van der Waals surface area contributed by atoms with Crippen molar-refractivity contribution >= 4 is 84.6 Å². The predicted octanol–water partition coefficient (Wildman–Crippen LogP) is 14.4. The molecule has 0 spiro atoms. The van der Waals surface area contributed by atoms with Gasteiger partial charge in [-0.05, 0) is 132 Å². The minimum Gasteiger partial charge on any atom is -0.454 e. The van der Waals surface area contributed by atoms with E-state index in [0.29, 0.717) is 0 Å². The molecule has 10 aromatic rings. The van der Waals surface area contributed by atoms with Gasteiger partial charge in [0.25, 0.3) is 0 Å². The highest BCUT2D eigenvalue weighted by atomic mass is 28.3. The van der Waals surface area contributed by atoms with Gasteiger partial charge < -0.3 is 9.32 Å². The molecule has 0 saturated carbocycles. The van der Waals surface area contributed by atoms with Gasteiger partial charge in [-0.3, -0.25) is 0 Å². The fourth-order valence-corrected chi connectivity index (χ4v) is 10.9. The molecule has 1 aliphatic rings. The summed E-state index contributed by atoms with van der Waals surface area (Å²) >= 11 is 0. The van der Waals surface area contributed by atoms with Crippen LogP contribution >= 0.6 is 0 Å². The topological polar surface area (TPSA) is 16.4 Å². The molecule has 0 fully saturated rings. The first-order valence-electron chi connectivity index (χ1n) is 18.8.